The van der Waals surface area contributed by atoms with E-state index < -0.39 is 5.92 Å². The van der Waals surface area contributed by atoms with E-state index in [1.807, 2.05) is 0 Å². The van der Waals surface area contributed by atoms with E-state index in [2.05, 4.69) is 26.1 Å². The minimum atomic E-state index is -2.40. The van der Waals surface area contributed by atoms with E-state index in [9.17, 15) is 8.78 Å². The molecule has 1 rings (SSSR count). The van der Waals surface area contributed by atoms with E-state index in [-0.39, 0.29) is 12.8 Å². The van der Waals surface area contributed by atoms with Gasteiger partial charge in [0, 0.05) is 18.9 Å². The van der Waals surface area contributed by atoms with Crippen LogP contribution in [0.3, 0.4) is 0 Å². The van der Waals surface area contributed by atoms with Crippen LogP contribution in [0.1, 0.15) is 65.7 Å². The van der Waals surface area contributed by atoms with Crippen LogP contribution in [-0.4, -0.2) is 18.5 Å². The van der Waals surface area contributed by atoms with E-state index in [1.165, 1.54) is 12.8 Å². The first-order valence-corrected chi connectivity index (χ1v) is 7.56. The first-order chi connectivity index (χ1) is 8.44. The highest BCUT2D eigenvalue weighted by molar-refractivity contribution is 4.84. The molecule has 0 heterocycles. The lowest BCUT2D eigenvalue weighted by atomic mass is 9.80. The molecule has 0 bridgehead atoms. The summed E-state index contributed by atoms with van der Waals surface area (Å²) >= 11 is 0. The number of hydrogen-bond donors (Lipinski definition) is 1. The van der Waals surface area contributed by atoms with Crippen molar-refractivity contribution >= 4 is 0 Å². The van der Waals surface area contributed by atoms with E-state index in [4.69, 9.17) is 0 Å². The Hall–Kier alpha value is -0.180. The van der Waals surface area contributed by atoms with Crippen LogP contribution >= 0.6 is 0 Å². The standard InChI is InChI=1S/C15H29F2N/c1-4-18-14(7-5-6-12(2)3)13-8-10-15(16,17)11-9-13/h12-14,18H,4-11H2,1-3H3. The predicted octanol–water partition coefficient (Wildman–Crippen LogP) is 4.62. The molecule has 1 fully saturated rings. The van der Waals surface area contributed by atoms with E-state index in [0.29, 0.717) is 24.8 Å². The van der Waals surface area contributed by atoms with Crippen LogP contribution in [0, 0.1) is 11.8 Å². The lowest BCUT2D eigenvalue weighted by Gasteiger charge is -2.34. The van der Waals surface area contributed by atoms with Crippen LogP contribution < -0.4 is 5.32 Å². The van der Waals surface area contributed by atoms with Crippen LogP contribution in [-0.2, 0) is 0 Å². The fourth-order valence-electron chi connectivity index (χ4n) is 2.98. The van der Waals surface area contributed by atoms with Crippen LogP contribution in [0.25, 0.3) is 0 Å². The molecule has 1 atom stereocenters. The minimum absolute atomic E-state index is 0.0870. The second kappa shape index (κ2) is 7.42. The Morgan fingerprint density at radius 3 is 2.28 bits per heavy atom. The van der Waals surface area contributed by atoms with Gasteiger partial charge in [-0.15, -0.1) is 0 Å². The SMILES string of the molecule is CCNC(CCCC(C)C)C1CCC(F)(F)CC1. The van der Waals surface area contributed by atoms with E-state index >= 15 is 0 Å². The van der Waals surface area contributed by atoms with Gasteiger partial charge in [0.15, 0.2) is 0 Å². The van der Waals surface area contributed by atoms with Crippen LogP contribution in [0.15, 0.2) is 0 Å². The molecule has 1 unspecified atom stereocenters. The molecule has 1 nitrogen and oxygen atoms in total. The molecular weight excluding hydrogens is 232 g/mol. The van der Waals surface area contributed by atoms with Gasteiger partial charge in [0.1, 0.15) is 0 Å². The number of nitrogens with one attached hydrogen (secondary N) is 1. The first-order valence-electron chi connectivity index (χ1n) is 7.56. The van der Waals surface area contributed by atoms with Gasteiger partial charge in [-0.25, -0.2) is 8.78 Å². The van der Waals surface area contributed by atoms with Gasteiger partial charge in [0.2, 0.25) is 5.92 Å². The number of rotatable bonds is 7. The second-order valence-corrected chi connectivity index (χ2v) is 6.18. The highest BCUT2D eigenvalue weighted by Gasteiger charge is 2.37. The third-order valence-corrected chi connectivity index (χ3v) is 4.09. The summed E-state index contributed by atoms with van der Waals surface area (Å²) in [6.07, 6.45) is 5.14. The Balaban J connectivity index is 2.37. The zero-order valence-corrected chi connectivity index (χ0v) is 12.1. The summed E-state index contributed by atoms with van der Waals surface area (Å²) in [6.45, 7) is 7.53. The second-order valence-electron chi connectivity index (χ2n) is 6.18. The van der Waals surface area contributed by atoms with Crippen molar-refractivity contribution in [3.8, 4) is 0 Å². The molecule has 1 aliphatic rings. The van der Waals surface area contributed by atoms with E-state index in [0.717, 1.165) is 18.9 Å². The molecule has 0 aromatic heterocycles. The fourth-order valence-corrected chi connectivity index (χ4v) is 2.98. The van der Waals surface area contributed by atoms with Crippen molar-refractivity contribution in [2.45, 2.75) is 77.7 Å². The number of hydrogen-bond acceptors (Lipinski definition) is 1. The summed E-state index contributed by atoms with van der Waals surface area (Å²) < 4.78 is 26.3. The lowest BCUT2D eigenvalue weighted by molar-refractivity contribution is -0.0498. The van der Waals surface area contributed by atoms with E-state index in [1.54, 1.807) is 0 Å². The summed E-state index contributed by atoms with van der Waals surface area (Å²) in [5.74, 6) is -1.20. The average Bonchev–Trinajstić information content (AvgIpc) is 2.28. The molecule has 0 amide bonds. The molecule has 0 aromatic carbocycles. The van der Waals surface area contributed by atoms with Gasteiger partial charge in [0.05, 0.1) is 0 Å². The van der Waals surface area contributed by atoms with Gasteiger partial charge in [-0.2, -0.15) is 0 Å². The molecule has 0 radical (unpaired) electrons. The van der Waals surface area contributed by atoms with Crippen LogP contribution in [0.5, 0.6) is 0 Å². The Bertz CT molecular complexity index is 219. The molecule has 1 saturated carbocycles. The van der Waals surface area contributed by atoms with Gasteiger partial charge in [0.25, 0.3) is 0 Å². The summed E-state index contributed by atoms with van der Waals surface area (Å²) in [5.41, 5.74) is 0. The molecular formula is C15H29F2N. The highest BCUT2D eigenvalue weighted by Crippen LogP contribution is 2.38. The normalized spacial score (nSPS) is 22.3. The molecule has 0 saturated heterocycles. The molecule has 3 heteroatoms. The van der Waals surface area contributed by atoms with Gasteiger partial charge >= 0.3 is 0 Å². The molecule has 0 aliphatic heterocycles. The quantitative estimate of drug-likeness (QED) is 0.705. The maximum atomic E-state index is 13.2. The molecule has 0 aromatic rings. The van der Waals surface area contributed by atoms with Crippen molar-refractivity contribution in [1.82, 2.24) is 5.32 Å². The van der Waals surface area contributed by atoms with Crippen molar-refractivity contribution in [1.29, 1.82) is 0 Å². The lowest BCUT2D eigenvalue weighted by Crippen LogP contribution is -2.40. The maximum Gasteiger partial charge on any atom is 0.248 e. The maximum absolute atomic E-state index is 13.2. The van der Waals surface area contributed by atoms with Gasteiger partial charge in [-0.1, -0.05) is 33.6 Å². The fraction of sp³-hybridized carbons (Fsp3) is 1.00. The van der Waals surface area contributed by atoms with Gasteiger partial charge in [-0.05, 0) is 37.6 Å². The monoisotopic (exact) mass is 261 g/mol. The highest BCUT2D eigenvalue weighted by atomic mass is 19.3. The first kappa shape index (κ1) is 15.9. The summed E-state index contributed by atoms with van der Waals surface area (Å²) in [6, 6.07) is 0.449. The van der Waals surface area contributed by atoms with Crippen molar-refractivity contribution in [3.05, 3.63) is 0 Å². The smallest absolute Gasteiger partial charge is 0.248 e. The third-order valence-electron chi connectivity index (χ3n) is 4.09. The van der Waals surface area contributed by atoms with Gasteiger partial charge < -0.3 is 5.32 Å². The molecule has 0 spiro atoms. The Labute approximate surface area is 111 Å². The van der Waals surface area contributed by atoms with Crippen molar-refractivity contribution in [3.63, 3.8) is 0 Å². The molecule has 18 heavy (non-hydrogen) atoms. The Morgan fingerprint density at radius 2 is 1.78 bits per heavy atom. The zero-order valence-electron chi connectivity index (χ0n) is 12.1. The Kier molecular flexibility index (Phi) is 6.54. The molecule has 1 N–H and O–H groups in total. The largest absolute Gasteiger partial charge is 0.314 e. The summed E-state index contributed by atoms with van der Waals surface area (Å²) in [7, 11) is 0. The number of halogens is 2. The van der Waals surface area contributed by atoms with Gasteiger partial charge in [-0.3, -0.25) is 0 Å². The topological polar surface area (TPSA) is 12.0 Å². The van der Waals surface area contributed by atoms with Crippen molar-refractivity contribution < 1.29 is 8.78 Å². The molecule has 108 valence electrons. The predicted molar refractivity (Wildman–Crippen MR) is 73.1 cm³/mol. The van der Waals surface area contributed by atoms with Crippen molar-refractivity contribution in [2.24, 2.45) is 11.8 Å². The van der Waals surface area contributed by atoms with Crippen LogP contribution in [0.2, 0.25) is 0 Å². The van der Waals surface area contributed by atoms with Crippen molar-refractivity contribution in [2.75, 3.05) is 6.54 Å². The minimum Gasteiger partial charge on any atom is -0.314 e. The summed E-state index contributed by atoms with van der Waals surface area (Å²) in [4.78, 5) is 0. The average molecular weight is 261 g/mol. The zero-order chi connectivity index (χ0) is 13.6. The number of alkyl halides is 2. The Morgan fingerprint density at radius 1 is 1.17 bits per heavy atom. The van der Waals surface area contributed by atoms with Crippen LogP contribution in [0.4, 0.5) is 8.78 Å². The molecule has 1 aliphatic carbocycles. The third kappa shape index (κ3) is 5.64. The summed E-state index contributed by atoms with van der Waals surface area (Å²) in [5, 5.41) is 3.51.